The Hall–Kier alpha value is -2.76. The molecule has 1 aromatic heterocycles. The van der Waals surface area contributed by atoms with Crippen LogP contribution in [0.4, 0.5) is 5.69 Å². The molecule has 0 unspecified atom stereocenters. The highest BCUT2D eigenvalue weighted by atomic mass is 16.5. The van der Waals surface area contributed by atoms with Crippen LogP contribution in [-0.2, 0) is 4.79 Å². The molecule has 3 rings (SSSR count). The number of nitrogens with zero attached hydrogens (tertiary/aromatic N) is 1. The first kappa shape index (κ1) is 19.0. The quantitative estimate of drug-likeness (QED) is 0.813. The summed E-state index contributed by atoms with van der Waals surface area (Å²) in [7, 11) is 0. The van der Waals surface area contributed by atoms with Crippen molar-refractivity contribution in [2.24, 2.45) is 5.73 Å². The monoisotopic (exact) mass is 369 g/mol. The molecule has 0 aliphatic heterocycles. The van der Waals surface area contributed by atoms with E-state index in [2.05, 4.69) is 16.8 Å². The van der Waals surface area contributed by atoms with Crippen molar-refractivity contribution >= 4 is 17.5 Å². The van der Waals surface area contributed by atoms with Crippen LogP contribution in [0.25, 0.3) is 0 Å². The summed E-state index contributed by atoms with van der Waals surface area (Å²) in [6, 6.07) is 9.36. The predicted molar refractivity (Wildman–Crippen MR) is 105 cm³/mol. The van der Waals surface area contributed by atoms with E-state index < -0.39 is 5.91 Å². The second kappa shape index (κ2) is 8.29. The molecular weight excluding hydrogens is 342 g/mol. The third-order valence-corrected chi connectivity index (χ3v) is 5.16. The maximum atomic E-state index is 12.8. The minimum atomic E-state index is -0.527. The Morgan fingerprint density at radius 2 is 1.81 bits per heavy atom. The van der Waals surface area contributed by atoms with Gasteiger partial charge < -0.3 is 20.4 Å². The van der Waals surface area contributed by atoms with Crippen LogP contribution in [0, 0.1) is 13.8 Å². The van der Waals surface area contributed by atoms with E-state index in [1.807, 2.05) is 13.0 Å². The fourth-order valence-electron chi connectivity index (χ4n) is 3.90. The van der Waals surface area contributed by atoms with E-state index in [0.717, 1.165) is 11.4 Å². The summed E-state index contributed by atoms with van der Waals surface area (Å²) in [4.78, 5) is 23.5. The first-order valence-electron chi connectivity index (χ1n) is 9.46. The molecule has 1 heterocycles. The number of hydrogen-bond donors (Lipinski definition) is 2. The van der Waals surface area contributed by atoms with Gasteiger partial charge in [-0.3, -0.25) is 9.59 Å². The molecule has 0 bridgehead atoms. The summed E-state index contributed by atoms with van der Waals surface area (Å²) in [6.07, 6.45) is 6.19. The van der Waals surface area contributed by atoms with Crippen molar-refractivity contribution in [1.82, 2.24) is 4.57 Å². The van der Waals surface area contributed by atoms with E-state index >= 15 is 0 Å². The first-order valence-corrected chi connectivity index (χ1v) is 9.46. The molecule has 2 aromatic rings. The molecule has 6 nitrogen and oxygen atoms in total. The maximum absolute atomic E-state index is 12.8. The summed E-state index contributed by atoms with van der Waals surface area (Å²) in [5.74, 6) is -0.112. The second-order valence-electron chi connectivity index (χ2n) is 7.18. The predicted octanol–water partition coefficient (Wildman–Crippen LogP) is 3.73. The van der Waals surface area contributed by atoms with Gasteiger partial charge in [0.1, 0.15) is 5.75 Å². The number of carbonyl (C=O) groups excluding carboxylic acids is 2. The average molecular weight is 369 g/mol. The van der Waals surface area contributed by atoms with Gasteiger partial charge >= 0.3 is 0 Å². The van der Waals surface area contributed by atoms with Crippen LogP contribution in [0.15, 0.2) is 30.3 Å². The number of nitrogens with two attached hydrogens (primary N) is 1. The van der Waals surface area contributed by atoms with Crippen molar-refractivity contribution < 1.29 is 14.3 Å². The van der Waals surface area contributed by atoms with E-state index in [1.54, 1.807) is 24.3 Å². The number of ether oxygens (including phenoxy) is 1. The van der Waals surface area contributed by atoms with Crippen LogP contribution >= 0.6 is 0 Å². The molecule has 6 heteroatoms. The van der Waals surface area contributed by atoms with Crippen LogP contribution in [0.5, 0.6) is 5.75 Å². The van der Waals surface area contributed by atoms with Crippen molar-refractivity contribution in [3.05, 3.63) is 47.3 Å². The molecule has 1 aromatic carbocycles. The number of aryl methyl sites for hydroxylation is 1. The Balaban J connectivity index is 1.70. The number of hydrogen-bond acceptors (Lipinski definition) is 3. The molecule has 144 valence electrons. The van der Waals surface area contributed by atoms with E-state index in [4.69, 9.17) is 10.5 Å². The molecule has 3 N–H and O–H groups in total. The number of carbonyl (C=O) groups is 2. The summed E-state index contributed by atoms with van der Waals surface area (Å²) in [5, 5.41) is 2.94. The van der Waals surface area contributed by atoms with Crippen LogP contribution < -0.4 is 15.8 Å². The Labute approximate surface area is 159 Å². The molecule has 0 atom stereocenters. The van der Waals surface area contributed by atoms with Gasteiger partial charge in [0, 0.05) is 23.1 Å². The number of amides is 2. The zero-order valence-corrected chi connectivity index (χ0v) is 16.0. The van der Waals surface area contributed by atoms with E-state index in [-0.39, 0.29) is 12.5 Å². The van der Waals surface area contributed by atoms with Gasteiger partial charge in [0.05, 0.1) is 5.56 Å². The minimum Gasteiger partial charge on any atom is -0.484 e. The fourth-order valence-corrected chi connectivity index (χ4v) is 3.90. The number of rotatable bonds is 6. The van der Waals surface area contributed by atoms with Gasteiger partial charge in [0.25, 0.3) is 11.8 Å². The molecule has 27 heavy (non-hydrogen) atoms. The molecule has 1 aliphatic rings. The van der Waals surface area contributed by atoms with Crippen LogP contribution in [0.2, 0.25) is 0 Å². The van der Waals surface area contributed by atoms with Gasteiger partial charge in [-0.25, -0.2) is 0 Å². The van der Waals surface area contributed by atoms with Crippen LogP contribution in [0.3, 0.4) is 0 Å². The average Bonchev–Trinajstić information content (AvgIpc) is 2.96. The summed E-state index contributed by atoms with van der Waals surface area (Å²) >= 11 is 0. The van der Waals surface area contributed by atoms with Crippen molar-refractivity contribution in [1.29, 1.82) is 0 Å². The molecule has 1 saturated carbocycles. The highest BCUT2D eigenvalue weighted by molar-refractivity contribution is 6.05. The van der Waals surface area contributed by atoms with Crippen molar-refractivity contribution in [2.75, 3.05) is 11.9 Å². The zero-order chi connectivity index (χ0) is 19.4. The summed E-state index contributed by atoms with van der Waals surface area (Å²) in [5.41, 5.74) is 8.61. The van der Waals surface area contributed by atoms with Gasteiger partial charge in [-0.1, -0.05) is 19.3 Å². The second-order valence-corrected chi connectivity index (χ2v) is 7.18. The minimum absolute atomic E-state index is 0.115. The number of primary amides is 1. The Bertz CT molecular complexity index is 818. The molecule has 0 saturated heterocycles. The lowest BCUT2D eigenvalue weighted by Gasteiger charge is -2.26. The van der Waals surface area contributed by atoms with Gasteiger partial charge in [-0.2, -0.15) is 0 Å². The number of aromatic nitrogens is 1. The molecule has 1 aliphatic carbocycles. The lowest BCUT2D eigenvalue weighted by molar-refractivity contribution is -0.119. The number of nitrogens with one attached hydrogen (secondary N) is 1. The van der Waals surface area contributed by atoms with Crippen LogP contribution in [0.1, 0.15) is 59.9 Å². The van der Waals surface area contributed by atoms with Gasteiger partial charge in [-0.15, -0.1) is 0 Å². The smallest absolute Gasteiger partial charge is 0.257 e. The molecule has 2 amide bonds. The number of benzene rings is 1. The summed E-state index contributed by atoms with van der Waals surface area (Å²) in [6.45, 7) is 3.93. The lowest BCUT2D eigenvalue weighted by atomic mass is 9.95. The maximum Gasteiger partial charge on any atom is 0.257 e. The SMILES string of the molecule is Cc1cc(C(=O)Nc2ccc(OCC(N)=O)cc2)c(C)n1C1CCCCC1. The lowest BCUT2D eigenvalue weighted by Crippen LogP contribution is -2.20. The van der Waals surface area contributed by atoms with E-state index in [9.17, 15) is 9.59 Å². The third kappa shape index (κ3) is 4.51. The molecular formula is C21H27N3O3. The fraction of sp³-hybridized carbons (Fsp3) is 0.429. The highest BCUT2D eigenvalue weighted by Crippen LogP contribution is 2.32. The third-order valence-electron chi connectivity index (χ3n) is 5.16. The normalized spacial score (nSPS) is 14.7. The first-order chi connectivity index (χ1) is 13.0. The molecule has 0 radical (unpaired) electrons. The standard InChI is InChI=1S/C21H27N3O3/c1-14-12-19(15(2)24(14)17-6-4-3-5-7-17)21(26)23-16-8-10-18(11-9-16)27-13-20(22)25/h8-12,17H,3-7,13H2,1-2H3,(H2,22,25)(H,23,26). The largest absolute Gasteiger partial charge is 0.484 e. The van der Waals surface area contributed by atoms with Crippen molar-refractivity contribution in [3.63, 3.8) is 0 Å². The summed E-state index contributed by atoms with van der Waals surface area (Å²) < 4.78 is 7.56. The van der Waals surface area contributed by atoms with Crippen molar-refractivity contribution in [3.8, 4) is 5.75 Å². The topological polar surface area (TPSA) is 86.3 Å². The van der Waals surface area contributed by atoms with E-state index in [0.29, 0.717) is 23.0 Å². The van der Waals surface area contributed by atoms with Crippen molar-refractivity contribution in [2.45, 2.75) is 52.0 Å². The Morgan fingerprint density at radius 3 is 2.44 bits per heavy atom. The Kier molecular flexibility index (Phi) is 5.84. The van der Waals surface area contributed by atoms with Gasteiger partial charge in [0.15, 0.2) is 6.61 Å². The van der Waals surface area contributed by atoms with Crippen LogP contribution in [-0.4, -0.2) is 23.0 Å². The van der Waals surface area contributed by atoms with E-state index in [1.165, 1.54) is 32.1 Å². The Morgan fingerprint density at radius 1 is 1.15 bits per heavy atom. The number of anilines is 1. The molecule has 0 spiro atoms. The zero-order valence-electron chi connectivity index (χ0n) is 16.0. The highest BCUT2D eigenvalue weighted by Gasteiger charge is 2.22. The molecule has 1 fully saturated rings. The van der Waals surface area contributed by atoms with Gasteiger partial charge in [-0.05, 0) is 57.0 Å². The van der Waals surface area contributed by atoms with Gasteiger partial charge in [0.2, 0.25) is 0 Å².